The maximum Gasteiger partial charge on any atom is 0.269 e. The van der Waals surface area contributed by atoms with Gasteiger partial charge in [0.1, 0.15) is 0 Å². The molecule has 0 saturated carbocycles. The van der Waals surface area contributed by atoms with Crippen LogP contribution in [0.1, 0.15) is 0 Å². The number of benzene rings is 3. The van der Waals surface area contributed by atoms with Crippen LogP contribution in [0.5, 0.6) is 0 Å². The summed E-state index contributed by atoms with van der Waals surface area (Å²) in [6.45, 7) is 0. The molecule has 3 aromatic carbocycles. The third-order valence-corrected chi connectivity index (χ3v) is 5.38. The zero-order chi connectivity index (χ0) is 22.9. The standard InChI is InChI=1S/C25H15ClN6O2/c26-18-11-13-19(14-12-18)32-15-20(24-29-27-22(33-24)16-7-3-1-4-8-16)21(31-32)25-30-28-23(34-25)17-9-5-2-6-10-17/h1-15H. The van der Waals surface area contributed by atoms with Gasteiger partial charge in [0, 0.05) is 22.3 Å². The average molecular weight is 467 g/mol. The van der Waals surface area contributed by atoms with Crippen molar-refractivity contribution in [3.05, 3.63) is 96.1 Å². The Bertz CT molecular complexity index is 1460. The van der Waals surface area contributed by atoms with Gasteiger partial charge in [0.05, 0.1) is 11.3 Å². The first kappa shape index (κ1) is 20.1. The van der Waals surface area contributed by atoms with Crippen LogP contribution in [0.15, 0.2) is 100.0 Å². The normalized spacial score (nSPS) is 11.1. The largest absolute Gasteiger partial charge is 0.416 e. The van der Waals surface area contributed by atoms with E-state index in [9.17, 15) is 0 Å². The Labute approximate surface area is 198 Å². The smallest absolute Gasteiger partial charge is 0.269 e. The van der Waals surface area contributed by atoms with Gasteiger partial charge in [0.15, 0.2) is 5.69 Å². The SMILES string of the molecule is Clc1ccc(-n2cc(-c3nnc(-c4ccccc4)o3)c(-c3nnc(-c4ccccc4)o3)n2)cc1. The Morgan fingerprint density at radius 3 is 1.74 bits per heavy atom. The third kappa shape index (κ3) is 3.76. The summed E-state index contributed by atoms with van der Waals surface area (Å²) in [6.07, 6.45) is 1.78. The molecule has 0 aliphatic carbocycles. The fourth-order valence-corrected chi connectivity index (χ4v) is 3.59. The molecule has 0 atom stereocenters. The first-order chi connectivity index (χ1) is 16.7. The summed E-state index contributed by atoms with van der Waals surface area (Å²) in [4.78, 5) is 0. The first-order valence-corrected chi connectivity index (χ1v) is 10.8. The second kappa shape index (κ2) is 8.42. The van der Waals surface area contributed by atoms with E-state index in [1.807, 2.05) is 72.8 Å². The Morgan fingerprint density at radius 2 is 1.12 bits per heavy atom. The van der Waals surface area contributed by atoms with E-state index in [2.05, 4.69) is 20.4 Å². The van der Waals surface area contributed by atoms with Crippen LogP contribution in [0.3, 0.4) is 0 Å². The summed E-state index contributed by atoms with van der Waals surface area (Å²) in [5.74, 6) is 1.31. The zero-order valence-corrected chi connectivity index (χ0v) is 18.3. The van der Waals surface area contributed by atoms with Gasteiger partial charge in [-0.25, -0.2) is 4.68 Å². The van der Waals surface area contributed by atoms with Crippen molar-refractivity contribution in [1.82, 2.24) is 30.2 Å². The molecule has 0 bridgehead atoms. The molecule has 0 fully saturated rings. The van der Waals surface area contributed by atoms with Crippen molar-refractivity contribution in [2.45, 2.75) is 0 Å². The second-order valence-corrected chi connectivity index (χ2v) is 7.81. The first-order valence-electron chi connectivity index (χ1n) is 10.4. The average Bonchev–Trinajstić information content (AvgIpc) is 3.65. The van der Waals surface area contributed by atoms with Gasteiger partial charge in [0.2, 0.25) is 11.8 Å². The summed E-state index contributed by atoms with van der Waals surface area (Å²) in [5.41, 5.74) is 3.41. The van der Waals surface area contributed by atoms with Crippen LogP contribution in [0, 0.1) is 0 Å². The predicted octanol–water partition coefficient (Wildman–Crippen LogP) is 5.96. The van der Waals surface area contributed by atoms with E-state index < -0.39 is 0 Å². The minimum absolute atomic E-state index is 0.237. The number of nitrogens with zero attached hydrogens (tertiary/aromatic N) is 6. The number of halogens is 1. The summed E-state index contributed by atoms with van der Waals surface area (Å²) < 4.78 is 13.6. The molecule has 3 heterocycles. The molecule has 0 amide bonds. The summed E-state index contributed by atoms with van der Waals surface area (Å²) in [7, 11) is 0. The lowest BCUT2D eigenvalue weighted by Crippen LogP contribution is -1.94. The molecule has 0 unspecified atom stereocenters. The van der Waals surface area contributed by atoms with Gasteiger partial charge >= 0.3 is 0 Å². The molecule has 0 aliphatic rings. The Kier molecular flexibility index (Phi) is 4.97. The lowest BCUT2D eigenvalue weighted by atomic mass is 10.2. The number of rotatable bonds is 5. The van der Waals surface area contributed by atoms with Crippen LogP contribution >= 0.6 is 11.6 Å². The molecular weight excluding hydrogens is 452 g/mol. The fourth-order valence-electron chi connectivity index (χ4n) is 3.46. The topological polar surface area (TPSA) is 95.7 Å². The minimum atomic E-state index is 0.237. The number of hydrogen-bond donors (Lipinski definition) is 0. The molecule has 6 aromatic rings. The van der Waals surface area contributed by atoms with Crippen molar-refractivity contribution in [3.63, 3.8) is 0 Å². The van der Waals surface area contributed by atoms with Crippen molar-refractivity contribution in [1.29, 1.82) is 0 Å². The Balaban J connectivity index is 1.46. The van der Waals surface area contributed by atoms with Gasteiger partial charge in [-0.15, -0.1) is 20.4 Å². The molecule has 0 spiro atoms. The highest BCUT2D eigenvalue weighted by molar-refractivity contribution is 6.30. The van der Waals surface area contributed by atoms with Gasteiger partial charge in [0.25, 0.3) is 11.8 Å². The monoisotopic (exact) mass is 466 g/mol. The summed E-state index contributed by atoms with van der Waals surface area (Å²) in [5, 5.41) is 22.2. The van der Waals surface area contributed by atoms with E-state index in [1.54, 1.807) is 23.0 Å². The van der Waals surface area contributed by atoms with Crippen LogP contribution in [-0.4, -0.2) is 30.2 Å². The molecule has 34 heavy (non-hydrogen) atoms. The summed E-state index contributed by atoms with van der Waals surface area (Å²) in [6, 6.07) is 26.4. The van der Waals surface area contributed by atoms with Crippen molar-refractivity contribution in [2.24, 2.45) is 0 Å². The van der Waals surface area contributed by atoms with E-state index in [1.165, 1.54) is 0 Å². The van der Waals surface area contributed by atoms with Gasteiger partial charge in [-0.3, -0.25) is 0 Å². The van der Waals surface area contributed by atoms with Crippen molar-refractivity contribution in [2.75, 3.05) is 0 Å². The number of hydrogen-bond acceptors (Lipinski definition) is 7. The molecule has 6 rings (SSSR count). The van der Waals surface area contributed by atoms with Crippen LogP contribution in [-0.2, 0) is 0 Å². The maximum atomic E-state index is 6.05. The zero-order valence-electron chi connectivity index (χ0n) is 17.5. The fraction of sp³-hybridized carbons (Fsp3) is 0. The number of aromatic nitrogens is 6. The van der Waals surface area contributed by atoms with Crippen LogP contribution < -0.4 is 0 Å². The van der Waals surface area contributed by atoms with E-state index in [-0.39, 0.29) is 11.8 Å². The van der Waals surface area contributed by atoms with Crippen molar-refractivity contribution < 1.29 is 8.83 Å². The van der Waals surface area contributed by atoms with E-state index in [4.69, 9.17) is 25.5 Å². The molecule has 0 N–H and O–H groups in total. The van der Waals surface area contributed by atoms with E-state index in [0.717, 1.165) is 16.8 Å². The lowest BCUT2D eigenvalue weighted by molar-refractivity contribution is 0.576. The van der Waals surface area contributed by atoms with Gasteiger partial charge in [-0.2, -0.15) is 5.10 Å². The predicted molar refractivity (Wildman–Crippen MR) is 126 cm³/mol. The van der Waals surface area contributed by atoms with E-state index >= 15 is 0 Å². The molecular formula is C25H15ClN6O2. The van der Waals surface area contributed by atoms with Crippen LogP contribution in [0.25, 0.3) is 51.6 Å². The molecule has 0 aliphatic heterocycles. The van der Waals surface area contributed by atoms with Gasteiger partial charge in [-0.1, -0.05) is 48.0 Å². The van der Waals surface area contributed by atoms with Crippen molar-refractivity contribution in [3.8, 4) is 51.6 Å². The lowest BCUT2D eigenvalue weighted by Gasteiger charge is -2.00. The molecule has 9 heteroatoms. The quantitative estimate of drug-likeness (QED) is 0.309. The molecule has 0 radical (unpaired) electrons. The van der Waals surface area contributed by atoms with Crippen molar-refractivity contribution >= 4 is 11.6 Å². The summed E-state index contributed by atoms with van der Waals surface area (Å²) >= 11 is 6.05. The minimum Gasteiger partial charge on any atom is -0.416 e. The third-order valence-electron chi connectivity index (χ3n) is 5.13. The molecule has 8 nitrogen and oxygen atoms in total. The van der Waals surface area contributed by atoms with E-state index in [0.29, 0.717) is 28.1 Å². The highest BCUT2D eigenvalue weighted by atomic mass is 35.5. The molecule has 3 aromatic heterocycles. The molecule has 0 saturated heterocycles. The Morgan fingerprint density at radius 1 is 0.588 bits per heavy atom. The Hall–Kier alpha value is -4.56. The second-order valence-electron chi connectivity index (χ2n) is 7.37. The van der Waals surface area contributed by atoms with Gasteiger partial charge < -0.3 is 8.83 Å². The van der Waals surface area contributed by atoms with Crippen LogP contribution in [0.4, 0.5) is 0 Å². The maximum absolute atomic E-state index is 6.05. The molecule has 164 valence electrons. The highest BCUT2D eigenvalue weighted by Gasteiger charge is 2.24. The van der Waals surface area contributed by atoms with Gasteiger partial charge in [-0.05, 0) is 48.5 Å². The van der Waals surface area contributed by atoms with Crippen LogP contribution in [0.2, 0.25) is 5.02 Å². The highest BCUT2D eigenvalue weighted by Crippen LogP contribution is 2.33.